The number of hydrogen-bond acceptors (Lipinski definition) is 4. The zero-order chi connectivity index (χ0) is 19.0. The van der Waals surface area contributed by atoms with Crippen LogP contribution in [0.15, 0.2) is 0 Å². The van der Waals surface area contributed by atoms with Crippen molar-refractivity contribution in [2.45, 2.75) is 128 Å². The van der Waals surface area contributed by atoms with E-state index in [1.807, 2.05) is 0 Å². The second-order valence-corrected chi connectivity index (χ2v) is 9.08. The van der Waals surface area contributed by atoms with Gasteiger partial charge in [-0.1, -0.05) is 90.9 Å². The summed E-state index contributed by atoms with van der Waals surface area (Å²) in [7, 11) is -4.13. The minimum atomic E-state index is -4.13. The molecule has 0 aliphatic carbocycles. The Balaban J connectivity index is 0. The average Bonchev–Trinajstić information content (AvgIpc) is 2.55. The predicted octanol–water partition coefficient (Wildman–Crippen LogP) is 2.55. The molecule has 4 nitrogen and oxygen atoms in total. The van der Waals surface area contributed by atoms with Crippen molar-refractivity contribution < 1.29 is 69.5 Å². The molecule has 2 atom stereocenters. The molecule has 0 saturated heterocycles. The maximum absolute atomic E-state index is 11.0. The summed E-state index contributed by atoms with van der Waals surface area (Å²) in [5.74, 6) is 0. The van der Waals surface area contributed by atoms with Gasteiger partial charge in [-0.05, 0) is 25.7 Å². The summed E-state index contributed by atoms with van der Waals surface area (Å²) in [6.07, 6.45) is 16.5. The van der Waals surface area contributed by atoms with Crippen molar-refractivity contribution in [1.29, 1.82) is 0 Å². The second-order valence-electron chi connectivity index (χ2n) is 7.43. The van der Waals surface area contributed by atoms with E-state index in [2.05, 4.69) is 6.92 Å². The van der Waals surface area contributed by atoms with Crippen LogP contribution in [0.1, 0.15) is 117 Å². The summed E-state index contributed by atoms with van der Waals surface area (Å²) in [5, 5.41) is 9.27. The second kappa shape index (κ2) is 19.8. The van der Waals surface area contributed by atoms with Crippen molar-refractivity contribution in [2.24, 2.45) is 0 Å². The molecule has 26 heavy (non-hydrogen) atoms. The predicted molar refractivity (Wildman–Crippen MR) is 105 cm³/mol. The van der Waals surface area contributed by atoms with Gasteiger partial charge in [0.1, 0.15) is 0 Å². The molecule has 0 aliphatic heterocycles. The molecule has 0 aromatic carbocycles. The first-order valence-electron chi connectivity index (χ1n) is 10.5. The summed E-state index contributed by atoms with van der Waals surface area (Å²) in [6.45, 7) is 3.99. The molecule has 0 fully saturated rings. The van der Waals surface area contributed by atoms with Crippen LogP contribution in [0.4, 0.5) is 0 Å². The quantitative estimate of drug-likeness (QED) is 0.212. The van der Waals surface area contributed by atoms with E-state index in [9.17, 15) is 18.1 Å². The van der Waals surface area contributed by atoms with E-state index in [-0.39, 0.29) is 57.5 Å². The number of hydrogen-bond donors (Lipinski definition) is 1. The van der Waals surface area contributed by atoms with E-state index in [0.717, 1.165) is 44.9 Å². The molecule has 0 aromatic rings. The molecule has 6 heteroatoms. The summed E-state index contributed by atoms with van der Waals surface area (Å²) >= 11 is 0. The van der Waals surface area contributed by atoms with Gasteiger partial charge in [0.15, 0.2) is 0 Å². The van der Waals surface area contributed by atoms with Crippen molar-refractivity contribution in [3.8, 4) is 0 Å². The van der Waals surface area contributed by atoms with Crippen LogP contribution in [0.5, 0.6) is 0 Å². The molecule has 0 aliphatic rings. The van der Waals surface area contributed by atoms with Crippen LogP contribution in [-0.4, -0.2) is 29.4 Å². The molecule has 0 bridgehead atoms. The molecule has 0 radical (unpaired) electrons. The topological polar surface area (TPSA) is 77.4 Å². The molecule has 0 saturated carbocycles. The monoisotopic (exact) mass is 416 g/mol. The first kappa shape index (κ1) is 29.7. The molecule has 1 N–H and O–H groups in total. The fraction of sp³-hybridized carbons (Fsp3) is 1.00. The Morgan fingerprint density at radius 3 is 1.50 bits per heavy atom. The van der Waals surface area contributed by atoms with Crippen molar-refractivity contribution in [3.63, 3.8) is 0 Å². The van der Waals surface area contributed by atoms with E-state index in [1.54, 1.807) is 6.92 Å². The van der Waals surface area contributed by atoms with Crippen molar-refractivity contribution in [1.82, 2.24) is 0 Å². The van der Waals surface area contributed by atoms with Crippen LogP contribution in [0, 0.1) is 0 Å². The van der Waals surface area contributed by atoms with E-state index in [1.165, 1.54) is 44.9 Å². The molecule has 0 aromatic heterocycles. The summed E-state index contributed by atoms with van der Waals surface area (Å²) < 4.78 is 33.0. The first-order valence-corrected chi connectivity index (χ1v) is 12.0. The number of aliphatic hydroxyl groups is 1. The van der Waals surface area contributed by atoms with Gasteiger partial charge in [0, 0.05) is 5.25 Å². The Kier molecular flexibility index (Phi) is 22.6. The zero-order valence-electron chi connectivity index (χ0n) is 17.5. The van der Waals surface area contributed by atoms with Crippen LogP contribution < -0.4 is 51.4 Å². The molecule has 0 spiro atoms. The minimum Gasteiger partial charge on any atom is -0.748 e. The van der Waals surface area contributed by atoms with Gasteiger partial charge in [-0.15, -0.1) is 0 Å². The van der Waals surface area contributed by atoms with Crippen LogP contribution in [0.3, 0.4) is 0 Å². The average molecular weight is 417 g/mol. The largest absolute Gasteiger partial charge is 1.00 e. The third-order valence-electron chi connectivity index (χ3n) is 5.07. The Hall–Kier alpha value is 1.51. The van der Waals surface area contributed by atoms with Gasteiger partial charge in [-0.3, -0.25) is 0 Å². The molecular formula is C20H41KO4S. The molecular weight excluding hydrogens is 375 g/mol. The minimum absolute atomic E-state index is 0. The fourth-order valence-electron chi connectivity index (χ4n) is 3.32. The van der Waals surface area contributed by atoms with E-state index < -0.39 is 15.4 Å². The Morgan fingerprint density at radius 1 is 0.731 bits per heavy atom. The van der Waals surface area contributed by atoms with Gasteiger partial charge in [0.2, 0.25) is 0 Å². The van der Waals surface area contributed by atoms with Gasteiger partial charge in [-0.2, -0.15) is 0 Å². The Bertz CT molecular complexity index is 387. The van der Waals surface area contributed by atoms with E-state index in [0.29, 0.717) is 12.8 Å². The summed E-state index contributed by atoms with van der Waals surface area (Å²) in [5.41, 5.74) is 0. The standard InChI is InChI=1S/C20H42O4S.K/c1-3-5-6-7-8-9-10-13-16-19(21)17-14-11-12-15-18-20(4-2)25(22,23)24;/h19-21H,3-18H2,1-2H3,(H,22,23,24);/q;+1/p-1. The molecule has 152 valence electrons. The van der Waals surface area contributed by atoms with Crippen molar-refractivity contribution in [3.05, 3.63) is 0 Å². The van der Waals surface area contributed by atoms with Gasteiger partial charge >= 0.3 is 51.4 Å². The van der Waals surface area contributed by atoms with Crippen molar-refractivity contribution >= 4 is 10.1 Å². The molecule has 0 rings (SSSR count). The molecule has 2 unspecified atom stereocenters. The van der Waals surface area contributed by atoms with E-state index >= 15 is 0 Å². The van der Waals surface area contributed by atoms with Crippen LogP contribution >= 0.6 is 0 Å². The molecule has 0 heterocycles. The van der Waals surface area contributed by atoms with Crippen LogP contribution in [-0.2, 0) is 10.1 Å². The first-order chi connectivity index (χ1) is 11.9. The summed E-state index contributed by atoms with van der Waals surface area (Å²) in [6, 6.07) is 0. The zero-order valence-corrected chi connectivity index (χ0v) is 21.5. The third kappa shape index (κ3) is 18.9. The number of rotatable bonds is 18. The molecule has 0 amide bonds. The Labute approximate surface area is 205 Å². The fourth-order valence-corrected chi connectivity index (χ4v) is 4.18. The van der Waals surface area contributed by atoms with Gasteiger partial charge < -0.3 is 9.66 Å². The maximum atomic E-state index is 11.0. The van der Waals surface area contributed by atoms with Crippen LogP contribution in [0.25, 0.3) is 0 Å². The smallest absolute Gasteiger partial charge is 0.748 e. The van der Waals surface area contributed by atoms with Gasteiger partial charge in [0.25, 0.3) is 0 Å². The van der Waals surface area contributed by atoms with Crippen LogP contribution in [0.2, 0.25) is 0 Å². The number of aliphatic hydroxyl groups excluding tert-OH is 1. The van der Waals surface area contributed by atoms with Crippen molar-refractivity contribution in [2.75, 3.05) is 0 Å². The maximum Gasteiger partial charge on any atom is 1.00 e. The van der Waals surface area contributed by atoms with Gasteiger partial charge in [-0.25, -0.2) is 8.42 Å². The number of unbranched alkanes of at least 4 members (excludes halogenated alkanes) is 10. The third-order valence-corrected chi connectivity index (χ3v) is 6.45. The normalized spacial score (nSPS) is 14.0. The SMILES string of the molecule is CCCCCCCCCCC(O)CCCCCCC(CC)S(=O)(=O)[O-].[K+]. The summed E-state index contributed by atoms with van der Waals surface area (Å²) in [4.78, 5) is 0. The Morgan fingerprint density at radius 2 is 1.12 bits per heavy atom. The van der Waals surface area contributed by atoms with Gasteiger partial charge in [0.05, 0.1) is 16.2 Å². The van der Waals surface area contributed by atoms with E-state index in [4.69, 9.17) is 0 Å².